The van der Waals surface area contributed by atoms with Gasteiger partial charge in [-0.1, -0.05) is 160 Å². The summed E-state index contributed by atoms with van der Waals surface area (Å²) in [5.74, 6) is 0. The normalized spacial score (nSPS) is 12.3. The summed E-state index contributed by atoms with van der Waals surface area (Å²) in [4.78, 5) is 0. The topological polar surface area (TPSA) is 0 Å². The van der Waals surface area contributed by atoms with Gasteiger partial charge in [0.1, 0.15) is 13.1 Å². The lowest BCUT2D eigenvalue weighted by molar-refractivity contribution is -0.904. The molecule has 42 heavy (non-hydrogen) atoms. The van der Waals surface area contributed by atoms with E-state index in [0.717, 1.165) is 22.1 Å². The van der Waals surface area contributed by atoms with E-state index in [4.69, 9.17) is 0 Å². The van der Waals surface area contributed by atoms with Crippen molar-refractivity contribution in [2.75, 3.05) is 41.3 Å². The summed E-state index contributed by atoms with van der Waals surface area (Å²) in [7, 11) is 9.72. The molecule has 1 rings (SSSR count). The highest BCUT2D eigenvalue weighted by Crippen LogP contribution is 2.18. The van der Waals surface area contributed by atoms with Crippen LogP contribution in [-0.2, 0) is 13.1 Å². The molecule has 0 N–H and O–H groups in total. The Morgan fingerprint density at radius 2 is 0.643 bits per heavy atom. The van der Waals surface area contributed by atoms with Gasteiger partial charge in [-0.25, -0.2) is 0 Å². The van der Waals surface area contributed by atoms with Crippen LogP contribution < -0.4 is 0 Å². The van der Waals surface area contributed by atoms with Gasteiger partial charge >= 0.3 is 0 Å². The fraction of sp³-hybridized carbons (Fsp3) is 0.850. The smallest absolute Gasteiger partial charge is 0.104 e. The molecule has 0 amide bonds. The summed E-state index contributed by atoms with van der Waals surface area (Å²) < 4.78 is 2.22. The van der Waals surface area contributed by atoms with Crippen LogP contribution in [0.4, 0.5) is 0 Å². The Bertz CT molecular complexity index is 665. The van der Waals surface area contributed by atoms with Gasteiger partial charge in [-0.2, -0.15) is 0 Å². The maximum atomic E-state index is 2.50. The molecular weight excluding hydrogens is 508 g/mol. The Hall–Kier alpha value is -0.860. The summed E-state index contributed by atoms with van der Waals surface area (Å²) in [5.41, 5.74) is 3.03. The van der Waals surface area contributed by atoms with Crippen molar-refractivity contribution in [3.63, 3.8) is 0 Å². The summed E-state index contributed by atoms with van der Waals surface area (Å²) in [6.45, 7) is 9.50. The molecule has 0 aliphatic heterocycles. The molecule has 0 saturated carbocycles. The molecule has 0 fully saturated rings. The largest absolute Gasteiger partial charge is 0.325 e. The summed E-state index contributed by atoms with van der Waals surface area (Å²) in [5, 5.41) is 0. The lowest BCUT2D eigenvalue weighted by Crippen LogP contribution is -2.40. The van der Waals surface area contributed by atoms with Gasteiger partial charge in [0.2, 0.25) is 0 Å². The van der Waals surface area contributed by atoms with Crippen LogP contribution in [-0.4, -0.2) is 50.2 Å². The highest BCUT2D eigenvalue weighted by molar-refractivity contribution is 5.22. The second kappa shape index (κ2) is 25.5. The van der Waals surface area contributed by atoms with E-state index in [-0.39, 0.29) is 0 Å². The van der Waals surface area contributed by atoms with E-state index in [0.29, 0.717) is 0 Å². The van der Waals surface area contributed by atoms with E-state index < -0.39 is 0 Å². The summed E-state index contributed by atoms with van der Waals surface area (Å²) in [6, 6.07) is 9.52. The molecule has 0 aliphatic carbocycles. The molecule has 0 unspecified atom stereocenters. The first kappa shape index (κ1) is 39.2. The number of hydrogen-bond acceptors (Lipinski definition) is 0. The van der Waals surface area contributed by atoms with Crippen LogP contribution in [0.15, 0.2) is 24.3 Å². The van der Waals surface area contributed by atoms with Crippen LogP contribution in [0, 0.1) is 0 Å². The highest BCUT2D eigenvalue weighted by Gasteiger charge is 2.18. The molecule has 0 aliphatic rings. The van der Waals surface area contributed by atoms with E-state index in [2.05, 4.69) is 66.3 Å². The Morgan fingerprint density at radius 1 is 0.381 bits per heavy atom. The van der Waals surface area contributed by atoms with Crippen LogP contribution in [0.25, 0.3) is 0 Å². The summed E-state index contributed by atoms with van der Waals surface area (Å²) >= 11 is 0. The highest BCUT2D eigenvalue weighted by atomic mass is 15.3. The maximum absolute atomic E-state index is 2.50. The Kier molecular flexibility index (Phi) is 23.7. The monoisotopic (exact) mass is 587 g/mol. The van der Waals surface area contributed by atoms with Crippen molar-refractivity contribution in [3.05, 3.63) is 35.4 Å². The molecular formula is C40H78N2+2. The average molecular weight is 587 g/mol. The third-order valence-electron chi connectivity index (χ3n) is 9.45. The second-order valence-corrected chi connectivity index (χ2v) is 15.2. The van der Waals surface area contributed by atoms with Gasteiger partial charge in [-0.05, 0) is 31.7 Å². The van der Waals surface area contributed by atoms with Gasteiger partial charge in [-0.15, -0.1) is 0 Å². The third-order valence-corrected chi connectivity index (χ3v) is 9.45. The average Bonchev–Trinajstić information content (AvgIpc) is 2.94. The van der Waals surface area contributed by atoms with Crippen molar-refractivity contribution >= 4 is 0 Å². The van der Waals surface area contributed by atoms with Gasteiger partial charge < -0.3 is 8.97 Å². The molecule has 0 bridgehead atoms. The molecule has 0 spiro atoms. The molecule has 2 nitrogen and oxygen atoms in total. The SMILES string of the molecule is CCCCCCCCCCCCCC[N+](C)(C)Cc1cccc(C[N+](C)(C)CCCCCCCCCCCCCC)c1. The van der Waals surface area contributed by atoms with E-state index in [1.165, 1.54) is 178 Å². The molecule has 1 aromatic rings. The van der Waals surface area contributed by atoms with Crippen molar-refractivity contribution in [1.29, 1.82) is 0 Å². The van der Waals surface area contributed by atoms with E-state index in [1.807, 2.05) is 0 Å². The van der Waals surface area contributed by atoms with Gasteiger partial charge in [0.05, 0.1) is 41.3 Å². The number of rotatable bonds is 30. The molecule has 0 aromatic heterocycles. The molecule has 0 atom stereocenters. The van der Waals surface area contributed by atoms with Crippen LogP contribution in [0.3, 0.4) is 0 Å². The fourth-order valence-electron chi connectivity index (χ4n) is 6.73. The minimum atomic E-state index is 1.11. The minimum absolute atomic E-state index is 1.11. The van der Waals surface area contributed by atoms with Crippen molar-refractivity contribution < 1.29 is 8.97 Å². The molecule has 1 aromatic carbocycles. The van der Waals surface area contributed by atoms with Crippen molar-refractivity contribution in [2.24, 2.45) is 0 Å². The Balaban J connectivity index is 2.17. The zero-order valence-corrected chi connectivity index (χ0v) is 30.0. The fourth-order valence-corrected chi connectivity index (χ4v) is 6.73. The van der Waals surface area contributed by atoms with Crippen molar-refractivity contribution in [3.8, 4) is 0 Å². The van der Waals surface area contributed by atoms with Gasteiger partial charge in [0, 0.05) is 11.1 Å². The number of unbranched alkanes of at least 4 members (excludes halogenated alkanes) is 22. The lowest BCUT2D eigenvalue weighted by atomic mass is 10.0. The van der Waals surface area contributed by atoms with Crippen LogP contribution >= 0.6 is 0 Å². The van der Waals surface area contributed by atoms with Crippen LogP contribution in [0.1, 0.15) is 179 Å². The Labute approximate surface area is 266 Å². The zero-order valence-electron chi connectivity index (χ0n) is 30.0. The van der Waals surface area contributed by atoms with Gasteiger partial charge in [0.25, 0.3) is 0 Å². The third kappa shape index (κ3) is 23.6. The molecule has 0 radical (unpaired) electrons. The van der Waals surface area contributed by atoms with E-state index in [1.54, 1.807) is 0 Å². The first-order valence-corrected chi connectivity index (χ1v) is 19.0. The second-order valence-electron chi connectivity index (χ2n) is 15.2. The maximum Gasteiger partial charge on any atom is 0.104 e. The standard InChI is InChI=1S/C40H78N2/c1-7-9-11-13-15-17-19-21-23-25-27-29-34-41(3,4)37-39-32-31-33-40(36-39)38-42(5,6)35-30-28-26-24-22-20-18-16-14-12-10-8-2/h31-33,36H,7-30,34-35,37-38H2,1-6H3/q+2. The predicted molar refractivity (Wildman–Crippen MR) is 190 cm³/mol. The number of benzene rings is 1. The summed E-state index contributed by atoms with van der Waals surface area (Å²) in [6.07, 6.45) is 34.3. The first-order chi connectivity index (χ1) is 20.3. The van der Waals surface area contributed by atoms with E-state index in [9.17, 15) is 0 Å². The van der Waals surface area contributed by atoms with Gasteiger partial charge in [0.15, 0.2) is 0 Å². The molecule has 0 heterocycles. The lowest BCUT2D eigenvalue weighted by Gasteiger charge is -2.31. The Morgan fingerprint density at radius 3 is 0.929 bits per heavy atom. The molecule has 246 valence electrons. The zero-order chi connectivity index (χ0) is 30.8. The molecule has 0 saturated heterocycles. The first-order valence-electron chi connectivity index (χ1n) is 19.0. The minimum Gasteiger partial charge on any atom is -0.325 e. The van der Waals surface area contributed by atoms with E-state index >= 15 is 0 Å². The predicted octanol–water partition coefficient (Wildman–Crippen LogP) is 12.2. The molecule has 2 heteroatoms. The number of quaternary nitrogens is 2. The number of hydrogen-bond donors (Lipinski definition) is 0. The van der Waals surface area contributed by atoms with Crippen molar-refractivity contribution in [2.45, 2.75) is 181 Å². The number of nitrogens with zero attached hydrogens (tertiary/aromatic N) is 2. The van der Waals surface area contributed by atoms with Crippen LogP contribution in [0.5, 0.6) is 0 Å². The van der Waals surface area contributed by atoms with Crippen LogP contribution in [0.2, 0.25) is 0 Å². The van der Waals surface area contributed by atoms with Gasteiger partial charge in [-0.3, -0.25) is 0 Å². The quantitative estimate of drug-likeness (QED) is 0.0621. The van der Waals surface area contributed by atoms with Crippen molar-refractivity contribution in [1.82, 2.24) is 0 Å².